The Bertz CT molecular complexity index is 1300. The summed E-state index contributed by atoms with van der Waals surface area (Å²) in [6.45, 7) is 3.51. The van der Waals surface area contributed by atoms with Crippen LogP contribution < -0.4 is 15.4 Å². The lowest BCUT2D eigenvalue weighted by atomic mass is 10.1. The van der Waals surface area contributed by atoms with E-state index in [0.29, 0.717) is 16.9 Å². The third kappa shape index (κ3) is 6.67. The standard InChI is InChI=1S/C26H21ClFN3O3/c1-16-3-9-23(17(2)11-16)31-26(33)19(14-29)12-18-4-10-24(22(27)13-18)34-15-25(32)30-21-7-5-20(28)6-8-21/h3-13H,15H2,1-2H3,(H,30,32)(H,31,33)/b19-12+. The molecule has 172 valence electrons. The third-order valence-electron chi connectivity index (χ3n) is 4.75. The van der Waals surface area contributed by atoms with E-state index >= 15 is 0 Å². The number of carbonyl (C=O) groups excluding carboxylic acids is 2. The molecule has 0 aliphatic carbocycles. The van der Waals surface area contributed by atoms with Gasteiger partial charge in [-0.1, -0.05) is 35.4 Å². The summed E-state index contributed by atoms with van der Waals surface area (Å²) >= 11 is 6.25. The summed E-state index contributed by atoms with van der Waals surface area (Å²) in [6, 6.07) is 17.5. The Hall–Kier alpha value is -4.15. The average Bonchev–Trinajstić information content (AvgIpc) is 2.80. The van der Waals surface area contributed by atoms with Crippen molar-refractivity contribution in [2.45, 2.75) is 13.8 Å². The van der Waals surface area contributed by atoms with Gasteiger partial charge in [-0.25, -0.2) is 4.39 Å². The Morgan fingerprint density at radius 3 is 2.44 bits per heavy atom. The second-order valence-electron chi connectivity index (χ2n) is 7.48. The van der Waals surface area contributed by atoms with Gasteiger partial charge in [-0.05, 0) is 73.5 Å². The number of nitrogens with one attached hydrogen (secondary N) is 2. The molecule has 3 aromatic carbocycles. The van der Waals surface area contributed by atoms with Crippen molar-refractivity contribution in [3.8, 4) is 11.8 Å². The maximum Gasteiger partial charge on any atom is 0.266 e. The number of amides is 2. The molecule has 0 saturated carbocycles. The van der Waals surface area contributed by atoms with E-state index in [0.717, 1.165) is 11.1 Å². The van der Waals surface area contributed by atoms with Crippen LogP contribution >= 0.6 is 11.6 Å². The molecular weight excluding hydrogens is 457 g/mol. The molecule has 0 aliphatic heterocycles. The van der Waals surface area contributed by atoms with Crippen molar-refractivity contribution in [1.82, 2.24) is 0 Å². The fourth-order valence-electron chi connectivity index (χ4n) is 3.06. The molecule has 8 heteroatoms. The zero-order chi connectivity index (χ0) is 24.7. The number of ether oxygens (including phenoxy) is 1. The average molecular weight is 478 g/mol. The normalized spacial score (nSPS) is 10.9. The molecule has 0 spiro atoms. The third-order valence-corrected chi connectivity index (χ3v) is 5.04. The first-order valence-electron chi connectivity index (χ1n) is 10.2. The van der Waals surface area contributed by atoms with Crippen molar-refractivity contribution in [3.05, 3.63) is 93.8 Å². The molecule has 34 heavy (non-hydrogen) atoms. The number of hydrogen-bond acceptors (Lipinski definition) is 4. The number of halogens is 2. The van der Waals surface area contributed by atoms with E-state index in [1.807, 2.05) is 32.0 Å². The van der Waals surface area contributed by atoms with Gasteiger partial charge in [-0.2, -0.15) is 5.26 Å². The molecular formula is C26H21ClFN3O3. The molecule has 0 atom stereocenters. The number of benzene rings is 3. The molecule has 3 aromatic rings. The molecule has 0 bridgehead atoms. The van der Waals surface area contributed by atoms with Crippen LogP contribution in [0.4, 0.5) is 15.8 Å². The quantitative estimate of drug-likeness (QED) is 0.339. The van der Waals surface area contributed by atoms with Crippen LogP contribution in [-0.4, -0.2) is 18.4 Å². The molecule has 6 nitrogen and oxygen atoms in total. The van der Waals surface area contributed by atoms with E-state index in [9.17, 15) is 19.2 Å². The second-order valence-corrected chi connectivity index (χ2v) is 7.88. The van der Waals surface area contributed by atoms with Crippen LogP contribution in [0.3, 0.4) is 0 Å². The van der Waals surface area contributed by atoms with E-state index in [4.69, 9.17) is 16.3 Å². The number of aryl methyl sites for hydroxylation is 2. The topological polar surface area (TPSA) is 91.2 Å². The van der Waals surface area contributed by atoms with Crippen molar-refractivity contribution in [3.63, 3.8) is 0 Å². The van der Waals surface area contributed by atoms with Crippen LogP contribution in [0.1, 0.15) is 16.7 Å². The van der Waals surface area contributed by atoms with E-state index < -0.39 is 17.6 Å². The summed E-state index contributed by atoms with van der Waals surface area (Å²) in [6.07, 6.45) is 1.41. The Morgan fingerprint density at radius 2 is 1.79 bits per heavy atom. The molecule has 0 fully saturated rings. The molecule has 0 aliphatic rings. The number of nitriles is 1. The van der Waals surface area contributed by atoms with Crippen LogP contribution in [0, 0.1) is 31.0 Å². The highest BCUT2D eigenvalue weighted by Gasteiger charge is 2.12. The fourth-order valence-corrected chi connectivity index (χ4v) is 3.30. The monoisotopic (exact) mass is 477 g/mol. The first-order chi connectivity index (χ1) is 16.2. The summed E-state index contributed by atoms with van der Waals surface area (Å²) in [7, 11) is 0. The molecule has 0 radical (unpaired) electrons. The van der Waals surface area contributed by atoms with Crippen LogP contribution in [0.15, 0.2) is 66.2 Å². The number of anilines is 2. The van der Waals surface area contributed by atoms with Gasteiger partial charge in [0.1, 0.15) is 23.2 Å². The molecule has 2 N–H and O–H groups in total. The summed E-state index contributed by atoms with van der Waals surface area (Å²) in [5.74, 6) is -1.13. The van der Waals surface area contributed by atoms with Gasteiger partial charge >= 0.3 is 0 Å². The largest absolute Gasteiger partial charge is 0.482 e. The van der Waals surface area contributed by atoms with Gasteiger partial charge < -0.3 is 15.4 Å². The molecule has 0 heterocycles. The molecule has 0 saturated heterocycles. The van der Waals surface area contributed by atoms with Crippen molar-refractivity contribution in [2.75, 3.05) is 17.2 Å². The Balaban J connectivity index is 1.64. The van der Waals surface area contributed by atoms with Crippen molar-refractivity contribution >= 4 is 40.9 Å². The minimum absolute atomic E-state index is 0.0941. The summed E-state index contributed by atoms with van der Waals surface area (Å²) < 4.78 is 18.4. The lowest BCUT2D eigenvalue weighted by Crippen LogP contribution is -2.20. The predicted molar refractivity (Wildman–Crippen MR) is 130 cm³/mol. The Labute approximate surface area is 201 Å². The SMILES string of the molecule is Cc1ccc(NC(=O)/C(C#N)=C/c2ccc(OCC(=O)Nc3ccc(F)cc3)c(Cl)c2)c(C)c1. The van der Waals surface area contributed by atoms with Gasteiger partial charge in [0, 0.05) is 11.4 Å². The van der Waals surface area contributed by atoms with Gasteiger partial charge in [0.25, 0.3) is 11.8 Å². The highest BCUT2D eigenvalue weighted by Crippen LogP contribution is 2.27. The van der Waals surface area contributed by atoms with Crippen LogP contribution in [0.25, 0.3) is 6.08 Å². The zero-order valence-electron chi connectivity index (χ0n) is 18.5. The maximum atomic E-state index is 12.9. The van der Waals surface area contributed by atoms with Gasteiger partial charge in [-0.15, -0.1) is 0 Å². The van der Waals surface area contributed by atoms with Crippen molar-refractivity contribution in [2.24, 2.45) is 0 Å². The lowest BCUT2D eigenvalue weighted by Gasteiger charge is -2.10. The summed E-state index contributed by atoms with van der Waals surface area (Å²) in [5, 5.41) is 15.0. The first-order valence-corrected chi connectivity index (χ1v) is 10.6. The number of hydrogen-bond donors (Lipinski definition) is 2. The van der Waals surface area contributed by atoms with E-state index in [1.54, 1.807) is 12.1 Å². The number of rotatable bonds is 7. The number of carbonyl (C=O) groups is 2. The summed E-state index contributed by atoms with van der Waals surface area (Å²) in [5.41, 5.74) is 3.43. The van der Waals surface area contributed by atoms with Crippen LogP contribution in [0.2, 0.25) is 5.02 Å². The minimum Gasteiger partial charge on any atom is -0.482 e. The molecule has 0 unspecified atom stereocenters. The van der Waals surface area contributed by atoms with Gasteiger partial charge in [-0.3, -0.25) is 9.59 Å². The van der Waals surface area contributed by atoms with E-state index in [2.05, 4.69) is 10.6 Å². The summed E-state index contributed by atoms with van der Waals surface area (Å²) in [4.78, 5) is 24.6. The first kappa shape index (κ1) is 24.5. The number of nitrogens with zero attached hydrogens (tertiary/aromatic N) is 1. The second kappa shape index (κ2) is 11.1. The Kier molecular flexibility index (Phi) is 8.01. The highest BCUT2D eigenvalue weighted by atomic mass is 35.5. The van der Waals surface area contributed by atoms with Gasteiger partial charge in [0.2, 0.25) is 0 Å². The fraction of sp³-hybridized carbons (Fsp3) is 0.115. The van der Waals surface area contributed by atoms with Crippen molar-refractivity contribution < 1.29 is 18.7 Å². The van der Waals surface area contributed by atoms with E-state index in [1.165, 1.54) is 42.5 Å². The smallest absolute Gasteiger partial charge is 0.266 e. The predicted octanol–water partition coefficient (Wildman–Crippen LogP) is 5.66. The van der Waals surface area contributed by atoms with Gasteiger partial charge in [0.05, 0.1) is 5.02 Å². The molecule has 2 amide bonds. The van der Waals surface area contributed by atoms with Crippen molar-refractivity contribution in [1.29, 1.82) is 5.26 Å². The Morgan fingerprint density at radius 1 is 1.06 bits per heavy atom. The maximum absolute atomic E-state index is 12.9. The highest BCUT2D eigenvalue weighted by molar-refractivity contribution is 6.32. The zero-order valence-corrected chi connectivity index (χ0v) is 19.2. The lowest BCUT2D eigenvalue weighted by molar-refractivity contribution is -0.118. The molecule has 3 rings (SSSR count). The van der Waals surface area contributed by atoms with Crippen LogP contribution in [-0.2, 0) is 9.59 Å². The van der Waals surface area contributed by atoms with Crippen LogP contribution in [0.5, 0.6) is 5.75 Å². The molecule has 0 aromatic heterocycles. The van der Waals surface area contributed by atoms with Gasteiger partial charge in [0.15, 0.2) is 6.61 Å². The van der Waals surface area contributed by atoms with E-state index in [-0.39, 0.29) is 23.0 Å². The minimum atomic E-state index is -0.539.